The van der Waals surface area contributed by atoms with Crippen molar-refractivity contribution in [3.05, 3.63) is 57.9 Å². The number of para-hydroxylation sites is 2. The van der Waals surface area contributed by atoms with E-state index in [9.17, 15) is 14.9 Å². The fourth-order valence-electron chi connectivity index (χ4n) is 3.16. The number of carbonyl (C=O) groups excluding carboxylic acids is 1. The molecule has 0 radical (unpaired) electrons. The number of ether oxygens (including phenoxy) is 2. The van der Waals surface area contributed by atoms with Crippen molar-refractivity contribution in [2.24, 2.45) is 0 Å². The van der Waals surface area contributed by atoms with E-state index in [0.29, 0.717) is 13.2 Å². The van der Waals surface area contributed by atoms with Crippen molar-refractivity contribution >= 4 is 22.6 Å². The third-order valence-electron chi connectivity index (χ3n) is 4.49. The zero-order valence-electron chi connectivity index (χ0n) is 16.5. The van der Waals surface area contributed by atoms with Crippen LogP contribution in [0.3, 0.4) is 0 Å². The van der Waals surface area contributed by atoms with Crippen LogP contribution in [0.25, 0.3) is 11.0 Å². The van der Waals surface area contributed by atoms with Crippen LogP contribution < -0.4 is 14.8 Å². The van der Waals surface area contributed by atoms with E-state index in [0.717, 1.165) is 16.9 Å². The van der Waals surface area contributed by atoms with E-state index in [-0.39, 0.29) is 29.3 Å². The molecule has 1 N–H and O–H groups in total. The number of nitrogens with zero attached hydrogens (tertiary/aromatic N) is 3. The second-order valence-corrected chi connectivity index (χ2v) is 6.27. The third kappa shape index (κ3) is 4.13. The van der Waals surface area contributed by atoms with Gasteiger partial charge in [0.2, 0.25) is 0 Å². The molecule has 3 aromatic rings. The number of hydrogen-bond acceptors (Lipinski definition) is 6. The molecule has 9 nitrogen and oxygen atoms in total. The van der Waals surface area contributed by atoms with E-state index in [4.69, 9.17) is 9.47 Å². The SMILES string of the molecule is CCOc1cc(C(=O)NCCn2c(C)nc3ccccc32)c([N+](=O)[O-])cc1OC. The molecule has 0 aliphatic heterocycles. The molecule has 0 bridgehead atoms. The highest BCUT2D eigenvalue weighted by Gasteiger charge is 2.24. The minimum Gasteiger partial charge on any atom is -0.493 e. The number of hydrogen-bond donors (Lipinski definition) is 1. The van der Waals surface area contributed by atoms with E-state index in [2.05, 4.69) is 10.3 Å². The van der Waals surface area contributed by atoms with E-state index in [1.807, 2.05) is 35.8 Å². The summed E-state index contributed by atoms with van der Waals surface area (Å²) < 4.78 is 12.6. The van der Waals surface area contributed by atoms with Crippen molar-refractivity contribution in [1.29, 1.82) is 0 Å². The fourth-order valence-corrected chi connectivity index (χ4v) is 3.16. The van der Waals surface area contributed by atoms with Gasteiger partial charge in [-0.2, -0.15) is 0 Å². The van der Waals surface area contributed by atoms with Gasteiger partial charge >= 0.3 is 0 Å². The monoisotopic (exact) mass is 398 g/mol. The number of imidazole rings is 1. The molecule has 0 fully saturated rings. The standard InChI is InChI=1S/C20H22N4O5/c1-4-29-19-11-14(17(24(26)27)12-18(19)28-3)20(25)21-9-10-23-13(2)22-15-7-5-6-8-16(15)23/h5-8,11-12H,4,9-10H2,1-3H3,(H,21,25). The lowest BCUT2D eigenvalue weighted by Gasteiger charge is -2.12. The van der Waals surface area contributed by atoms with Gasteiger partial charge in [-0.25, -0.2) is 4.98 Å². The highest BCUT2D eigenvalue weighted by Crippen LogP contribution is 2.34. The number of aromatic nitrogens is 2. The number of nitro benzene ring substituents is 1. The minimum atomic E-state index is -0.610. The molecule has 0 aliphatic carbocycles. The topological polar surface area (TPSA) is 109 Å². The Kier molecular flexibility index (Phi) is 5.96. The fraction of sp³-hybridized carbons (Fsp3) is 0.300. The van der Waals surface area contributed by atoms with Gasteiger partial charge in [0.15, 0.2) is 11.5 Å². The average Bonchev–Trinajstić information content (AvgIpc) is 3.03. The molecular weight excluding hydrogens is 376 g/mol. The zero-order chi connectivity index (χ0) is 21.0. The normalized spacial score (nSPS) is 10.7. The van der Waals surface area contributed by atoms with Crippen LogP contribution in [0.5, 0.6) is 11.5 Å². The summed E-state index contributed by atoms with van der Waals surface area (Å²) in [6, 6.07) is 10.3. The smallest absolute Gasteiger partial charge is 0.286 e. The second-order valence-electron chi connectivity index (χ2n) is 6.27. The first-order valence-corrected chi connectivity index (χ1v) is 9.15. The molecule has 1 aromatic heterocycles. The van der Waals surface area contributed by atoms with E-state index in [1.54, 1.807) is 6.92 Å². The highest BCUT2D eigenvalue weighted by atomic mass is 16.6. The quantitative estimate of drug-likeness (QED) is 0.461. The lowest BCUT2D eigenvalue weighted by atomic mass is 10.1. The Hall–Kier alpha value is -3.62. The molecule has 0 unspecified atom stereocenters. The lowest BCUT2D eigenvalue weighted by molar-refractivity contribution is -0.385. The summed E-state index contributed by atoms with van der Waals surface area (Å²) in [7, 11) is 1.39. The van der Waals surface area contributed by atoms with Crippen molar-refractivity contribution in [1.82, 2.24) is 14.9 Å². The van der Waals surface area contributed by atoms with Gasteiger partial charge in [-0.05, 0) is 26.0 Å². The van der Waals surface area contributed by atoms with Crippen LogP contribution >= 0.6 is 0 Å². The van der Waals surface area contributed by atoms with Crippen LogP contribution in [0.2, 0.25) is 0 Å². The number of benzene rings is 2. The number of aryl methyl sites for hydroxylation is 1. The van der Waals surface area contributed by atoms with Crippen molar-refractivity contribution in [3.8, 4) is 11.5 Å². The number of methoxy groups -OCH3 is 1. The lowest BCUT2D eigenvalue weighted by Crippen LogP contribution is -2.28. The molecule has 152 valence electrons. The molecule has 0 aliphatic rings. The Labute approximate surface area is 167 Å². The Morgan fingerprint density at radius 2 is 2.03 bits per heavy atom. The summed E-state index contributed by atoms with van der Waals surface area (Å²) in [5.41, 5.74) is 1.43. The first-order valence-electron chi connectivity index (χ1n) is 9.15. The summed E-state index contributed by atoms with van der Waals surface area (Å²) >= 11 is 0. The predicted octanol–water partition coefficient (Wildman–Crippen LogP) is 3.09. The minimum absolute atomic E-state index is 0.0774. The van der Waals surface area contributed by atoms with Gasteiger partial charge < -0.3 is 19.4 Å². The first-order chi connectivity index (χ1) is 14.0. The summed E-state index contributed by atoms with van der Waals surface area (Å²) in [5.74, 6) is 0.759. The van der Waals surface area contributed by atoms with E-state index in [1.165, 1.54) is 19.2 Å². The Morgan fingerprint density at radius 3 is 2.72 bits per heavy atom. The van der Waals surface area contributed by atoms with Crippen LogP contribution in [-0.4, -0.2) is 40.6 Å². The van der Waals surface area contributed by atoms with Gasteiger partial charge in [-0.1, -0.05) is 12.1 Å². The summed E-state index contributed by atoms with van der Waals surface area (Å²) in [5, 5.41) is 14.2. The summed E-state index contributed by atoms with van der Waals surface area (Å²) in [6.45, 7) is 4.78. The van der Waals surface area contributed by atoms with Gasteiger partial charge in [0.25, 0.3) is 11.6 Å². The maximum absolute atomic E-state index is 12.7. The molecule has 1 amide bonds. The van der Waals surface area contributed by atoms with Crippen LogP contribution in [0.15, 0.2) is 36.4 Å². The summed E-state index contributed by atoms with van der Waals surface area (Å²) in [4.78, 5) is 28.0. The Morgan fingerprint density at radius 1 is 1.28 bits per heavy atom. The Bertz CT molecular complexity index is 1060. The largest absolute Gasteiger partial charge is 0.493 e. The van der Waals surface area contributed by atoms with Crippen LogP contribution in [-0.2, 0) is 6.54 Å². The molecular formula is C20H22N4O5. The number of rotatable bonds is 8. The van der Waals surface area contributed by atoms with Crippen LogP contribution in [0.1, 0.15) is 23.1 Å². The third-order valence-corrected chi connectivity index (χ3v) is 4.49. The molecule has 0 saturated heterocycles. The first kappa shape index (κ1) is 20.1. The zero-order valence-corrected chi connectivity index (χ0v) is 16.5. The van der Waals surface area contributed by atoms with Gasteiger partial charge in [-0.15, -0.1) is 0 Å². The van der Waals surface area contributed by atoms with Gasteiger partial charge in [0.05, 0.1) is 35.7 Å². The molecule has 1 heterocycles. The number of amides is 1. The Balaban J connectivity index is 1.80. The molecule has 0 saturated carbocycles. The van der Waals surface area contributed by atoms with E-state index >= 15 is 0 Å². The molecule has 29 heavy (non-hydrogen) atoms. The van der Waals surface area contributed by atoms with Crippen LogP contribution in [0, 0.1) is 17.0 Å². The van der Waals surface area contributed by atoms with E-state index < -0.39 is 10.8 Å². The molecule has 2 aromatic carbocycles. The van der Waals surface area contributed by atoms with Crippen molar-refractivity contribution < 1.29 is 19.2 Å². The second kappa shape index (κ2) is 8.59. The molecule has 3 rings (SSSR count). The number of nitrogens with one attached hydrogen (secondary N) is 1. The number of carbonyl (C=O) groups is 1. The molecule has 0 spiro atoms. The number of fused-ring (bicyclic) bond motifs is 1. The molecule has 0 atom stereocenters. The van der Waals surface area contributed by atoms with Crippen LogP contribution in [0.4, 0.5) is 5.69 Å². The van der Waals surface area contributed by atoms with Gasteiger partial charge in [0.1, 0.15) is 11.4 Å². The molecule has 9 heteroatoms. The maximum atomic E-state index is 12.7. The average molecular weight is 398 g/mol. The van der Waals surface area contributed by atoms with Gasteiger partial charge in [-0.3, -0.25) is 14.9 Å². The number of nitro groups is 1. The van der Waals surface area contributed by atoms with Gasteiger partial charge in [0, 0.05) is 19.2 Å². The van der Waals surface area contributed by atoms with Crippen molar-refractivity contribution in [3.63, 3.8) is 0 Å². The van der Waals surface area contributed by atoms with Crippen molar-refractivity contribution in [2.45, 2.75) is 20.4 Å². The highest BCUT2D eigenvalue weighted by molar-refractivity contribution is 5.99. The van der Waals surface area contributed by atoms with Crippen molar-refractivity contribution in [2.75, 3.05) is 20.3 Å². The predicted molar refractivity (Wildman–Crippen MR) is 108 cm³/mol. The maximum Gasteiger partial charge on any atom is 0.286 e. The summed E-state index contributed by atoms with van der Waals surface area (Å²) in [6.07, 6.45) is 0.